The van der Waals surface area contributed by atoms with Crippen molar-refractivity contribution in [3.05, 3.63) is 12.2 Å². The Bertz CT molecular complexity index is 447. The third-order valence-corrected chi connectivity index (χ3v) is 5.04. The van der Waals surface area contributed by atoms with E-state index in [1.54, 1.807) is 0 Å². The van der Waals surface area contributed by atoms with Crippen molar-refractivity contribution in [2.45, 2.75) is 44.2 Å². The Morgan fingerprint density at radius 1 is 1.05 bits per heavy atom. The molecule has 0 aliphatic heterocycles. The molecule has 5 nitrogen and oxygen atoms in total. The number of allylic oxidation sites excluding steroid dienone is 2. The first-order valence-electron chi connectivity index (χ1n) is 7.46. The number of carboxylic acid groups (broad SMARTS) is 1. The van der Waals surface area contributed by atoms with E-state index in [0.29, 0.717) is 6.42 Å². The number of aliphatic hydroxyl groups is 1. The van der Waals surface area contributed by atoms with Crippen LogP contribution in [0.5, 0.6) is 0 Å². The van der Waals surface area contributed by atoms with Gasteiger partial charge in [-0.1, -0.05) is 12.2 Å². The molecule has 1 amide bonds. The number of carboxylic acids is 1. The SMILES string of the molecule is O=C(O)C1C2C=CC(C2)C1C(=O)NC1CCCC(O)C1. The summed E-state index contributed by atoms with van der Waals surface area (Å²) in [7, 11) is 0. The van der Waals surface area contributed by atoms with Crippen LogP contribution in [0.3, 0.4) is 0 Å². The lowest BCUT2D eigenvalue weighted by atomic mass is 9.82. The predicted octanol–water partition coefficient (Wildman–Crippen LogP) is 0.929. The second-order valence-electron chi connectivity index (χ2n) is 6.36. The van der Waals surface area contributed by atoms with Gasteiger partial charge < -0.3 is 15.5 Å². The van der Waals surface area contributed by atoms with E-state index >= 15 is 0 Å². The van der Waals surface area contributed by atoms with Gasteiger partial charge in [0.2, 0.25) is 5.91 Å². The summed E-state index contributed by atoms with van der Waals surface area (Å²) in [6.07, 6.45) is 7.53. The van der Waals surface area contributed by atoms with Gasteiger partial charge in [-0.15, -0.1) is 0 Å². The number of nitrogens with one attached hydrogen (secondary N) is 1. The Labute approximate surface area is 118 Å². The zero-order valence-electron chi connectivity index (χ0n) is 11.4. The number of hydrogen-bond acceptors (Lipinski definition) is 3. The molecule has 0 spiro atoms. The van der Waals surface area contributed by atoms with Gasteiger partial charge in [-0.05, 0) is 43.9 Å². The van der Waals surface area contributed by atoms with Crippen LogP contribution >= 0.6 is 0 Å². The third kappa shape index (κ3) is 2.35. The molecule has 0 aromatic rings. The van der Waals surface area contributed by atoms with Gasteiger partial charge in [0.15, 0.2) is 0 Å². The van der Waals surface area contributed by atoms with Crippen molar-refractivity contribution in [1.29, 1.82) is 0 Å². The van der Waals surface area contributed by atoms with Gasteiger partial charge in [0.25, 0.3) is 0 Å². The number of carbonyl (C=O) groups excluding carboxylic acids is 1. The quantitative estimate of drug-likeness (QED) is 0.671. The van der Waals surface area contributed by atoms with E-state index in [1.165, 1.54) is 0 Å². The Hall–Kier alpha value is -1.36. The van der Waals surface area contributed by atoms with Crippen LogP contribution in [-0.2, 0) is 9.59 Å². The van der Waals surface area contributed by atoms with Crippen molar-refractivity contribution < 1.29 is 19.8 Å². The highest BCUT2D eigenvalue weighted by molar-refractivity contribution is 5.87. The molecule has 0 aromatic carbocycles. The summed E-state index contributed by atoms with van der Waals surface area (Å²) in [5, 5.41) is 22.0. The van der Waals surface area contributed by atoms with Crippen LogP contribution in [0.15, 0.2) is 12.2 Å². The molecule has 2 bridgehead atoms. The zero-order valence-corrected chi connectivity index (χ0v) is 11.4. The van der Waals surface area contributed by atoms with Crippen LogP contribution in [0.25, 0.3) is 0 Å². The summed E-state index contributed by atoms with van der Waals surface area (Å²) in [5.41, 5.74) is 0. The molecule has 6 atom stereocenters. The van der Waals surface area contributed by atoms with Crippen molar-refractivity contribution in [1.82, 2.24) is 5.32 Å². The van der Waals surface area contributed by atoms with Crippen LogP contribution in [-0.4, -0.2) is 34.2 Å². The average Bonchev–Trinajstić information content (AvgIpc) is 2.98. The Kier molecular flexibility index (Phi) is 3.54. The van der Waals surface area contributed by atoms with E-state index in [2.05, 4.69) is 5.32 Å². The van der Waals surface area contributed by atoms with E-state index < -0.39 is 17.8 Å². The minimum atomic E-state index is -0.870. The van der Waals surface area contributed by atoms with E-state index in [9.17, 15) is 19.8 Å². The molecule has 5 heteroatoms. The lowest BCUT2D eigenvalue weighted by Gasteiger charge is -2.30. The van der Waals surface area contributed by atoms with E-state index in [1.807, 2.05) is 12.2 Å². The Balaban J connectivity index is 1.67. The van der Waals surface area contributed by atoms with Crippen LogP contribution in [0.2, 0.25) is 0 Å². The second-order valence-corrected chi connectivity index (χ2v) is 6.36. The van der Waals surface area contributed by atoms with Crippen molar-refractivity contribution in [2.24, 2.45) is 23.7 Å². The molecule has 3 N–H and O–H groups in total. The molecular formula is C15H21NO4. The highest BCUT2D eigenvalue weighted by Crippen LogP contribution is 2.48. The van der Waals surface area contributed by atoms with Gasteiger partial charge in [0.1, 0.15) is 0 Å². The van der Waals surface area contributed by atoms with E-state index in [0.717, 1.165) is 25.7 Å². The van der Waals surface area contributed by atoms with E-state index in [-0.39, 0.29) is 29.9 Å². The van der Waals surface area contributed by atoms with E-state index in [4.69, 9.17) is 0 Å². The fourth-order valence-electron chi connectivity index (χ4n) is 4.11. The first-order valence-corrected chi connectivity index (χ1v) is 7.46. The molecule has 0 heterocycles. The van der Waals surface area contributed by atoms with Crippen molar-refractivity contribution in [3.8, 4) is 0 Å². The molecular weight excluding hydrogens is 258 g/mol. The second kappa shape index (κ2) is 5.20. The maximum Gasteiger partial charge on any atom is 0.307 e. The molecule has 3 aliphatic rings. The molecule has 6 unspecified atom stereocenters. The summed E-state index contributed by atoms with van der Waals surface area (Å²) < 4.78 is 0. The molecule has 110 valence electrons. The van der Waals surface area contributed by atoms with Crippen molar-refractivity contribution in [2.75, 3.05) is 0 Å². The predicted molar refractivity (Wildman–Crippen MR) is 71.8 cm³/mol. The standard InChI is InChI=1S/C15H21NO4/c17-11-3-1-2-10(7-11)16-14(18)12-8-4-5-9(6-8)13(12)15(19)20/h4-5,8-13,17H,1-3,6-7H2,(H,16,18)(H,19,20). The minimum absolute atomic E-state index is 0.00481. The van der Waals surface area contributed by atoms with Gasteiger partial charge >= 0.3 is 5.97 Å². The molecule has 3 aliphatic carbocycles. The summed E-state index contributed by atoms with van der Waals surface area (Å²) in [4.78, 5) is 23.8. The lowest BCUT2D eigenvalue weighted by Crippen LogP contribution is -2.46. The van der Waals surface area contributed by atoms with Gasteiger partial charge in [-0.25, -0.2) is 0 Å². The summed E-state index contributed by atoms with van der Waals surface area (Å²) >= 11 is 0. The normalized spacial score (nSPS) is 42.6. The largest absolute Gasteiger partial charge is 0.481 e. The Morgan fingerprint density at radius 3 is 2.40 bits per heavy atom. The summed E-state index contributed by atoms with van der Waals surface area (Å²) in [6, 6.07) is -0.0104. The van der Waals surface area contributed by atoms with Crippen LogP contribution in [0.4, 0.5) is 0 Å². The lowest BCUT2D eigenvalue weighted by molar-refractivity contribution is -0.148. The monoisotopic (exact) mass is 279 g/mol. The molecule has 0 saturated heterocycles. The Morgan fingerprint density at radius 2 is 1.75 bits per heavy atom. The number of aliphatic carboxylic acids is 1. The van der Waals surface area contributed by atoms with Gasteiger partial charge in [-0.3, -0.25) is 9.59 Å². The minimum Gasteiger partial charge on any atom is -0.481 e. The highest BCUT2D eigenvalue weighted by Gasteiger charge is 2.51. The number of rotatable bonds is 3. The van der Waals surface area contributed by atoms with Gasteiger partial charge in [0.05, 0.1) is 17.9 Å². The van der Waals surface area contributed by atoms with Crippen molar-refractivity contribution >= 4 is 11.9 Å². The zero-order chi connectivity index (χ0) is 14.3. The average molecular weight is 279 g/mol. The number of fused-ring (bicyclic) bond motifs is 2. The van der Waals surface area contributed by atoms with Gasteiger partial charge in [-0.2, -0.15) is 0 Å². The maximum absolute atomic E-state index is 12.4. The smallest absolute Gasteiger partial charge is 0.307 e. The van der Waals surface area contributed by atoms with Crippen LogP contribution in [0, 0.1) is 23.7 Å². The molecule has 0 aromatic heterocycles. The first kappa shape index (κ1) is 13.6. The number of amides is 1. The molecule has 3 rings (SSSR count). The topological polar surface area (TPSA) is 86.6 Å². The maximum atomic E-state index is 12.4. The number of carbonyl (C=O) groups is 2. The van der Waals surface area contributed by atoms with Crippen molar-refractivity contribution in [3.63, 3.8) is 0 Å². The summed E-state index contributed by atoms with van der Waals surface area (Å²) in [5.74, 6) is -1.97. The molecule has 20 heavy (non-hydrogen) atoms. The molecule has 2 saturated carbocycles. The third-order valence-electron chi connectivity index (χ3n) is 5.04. The fraction of sp³-hybridized carbons (Fsp3) is 0.733. The summed E-state index contributed by atoms with van der Waals surface area (Å²) in [6.45, 7) is 0. The number of aliphatic hydroxyl groups excluding tert-OH is 1. The van der Waals surface area contributed by atoms with Gasteiger partial charge in [0, 0.05) is 6.04 Å². The molecule has 0 radical (unpaired) electrons. The first-order chi connectivity index (χ1) is 9.56. The fourth-order valence-corrected chi connectivity index (χ4v) is 4.11. The number of hydrogen-bond donors (Lipinski definition) is 3. The highest BCUT2D eigenvalue weighted by atomic mass is 16.4. The van der Waals surface area contributed by atoms with Crippen LogP contribution in [0.1, 0.15) is 32.1 Å². The molecule has 2 fully saturated rings. The van der Waals surface area contributed by atoms with Crippen LogP contribution < -0.4 is 5.32 Å².